The SMILES string of the molecule is CCCCN(CCNC)CCN1C(=O)C(O)C(O)C1=O. The number of likely N-dealkylation sites (N-methyl/N-ethyl adjacent to an activating group) is 1. The molecule has 1 fully saturated rings. The number of amides is 2. The Morgan fingerprint density at radius 2 is 1.75 bits per heavy atom. The number of hydrogen-bond donors (Lipinski definition) is 3. The van der Waals surface area contributed by atoms with Gasteiger partial charge in [0.2, 0.25) is 0 Å². The summed E-state index contributed by atoms with van der Waals surface area (Å²) in [4.78, 5) is 26.4. The molecule has 1 aliphatic rings. The third-order valence-corrected chi connectivity index (χ3v) is 3.48. The van der Waals surface area contributed by atoms with E-state index in [2.05, 4.69) is 17.1 Å². The fraction of sp³-hybridized carbons (Fsp3) is 0.846. The summed E-state index contributed by atoms with van der Waals surface area (Å²) in [6.07, 6.45) is -1.08. The van der Waals surface area contributed by atoms with Crippen molar-refractivity contribution in [2.24, 2.45) is 0 Å². The number of aliphatic hydroxyl groups excluding tert-OH is 2. The molecule has 0 radical (unpaired) electrons. The average Bonchev–Trinajstić information content (AvgIpc) is 2.63. The molecule has 2 atom stereocenters. The predicted octanol–water partition coefficient (Wildman–Crippen LogP) is -1.60. The number of aliphatic hydroxyl groups is 2. The van der Waals surface area contributed by atoms with Crippen molar-refractivity contribution >= 4 is 11.8 Å². The molecule has 0 aromatic carbocycles. The Labute approximate surface area is 119 Å². The molecule has 1 heterocycles. The number of rotatable bonds is 9. The average molecular weight is 287 g/mol. The molecule has 0 aromatic rings. The number of imide groups is 1. The second-order valence-electron chi connectivity index (χ2n) is 5.02. The van der Waals surface area contributed by atoms with E-state index < -0.39 is 24.0 Å². The Morgan fingerprint density at radius 1 is 1.15 bits per heavy atom. The Morgan fingerprint density at radius 3 is 2.25 bits per heavy atom. The van der Waals surface area contributed by atoms with E-state index >= 15 is 0 Å². The Hall–Kier alpha value is -1.02. The van der Waals surface area contributed by atoms with Gasteiger partial charge in [-0.3, -0.25) is 14.5 Å². The quantitative estimate of drug-likeness (QED) is 0.442. The van der Waals surface area contributed by atoms with Crippen LogP contribution in [0.15, 0.2) is 0 Å². The van der Waals surface area contributed by atoms with Gasteiger partial charge in [0.15, 0.2) is 12.2 Å². The second-order valence-corrected chi connectivity index (χ2v) is 5.02. The summed E-state index contributed by atoms with van der Waals surface area (Å²) < 4.78 is 0. The highest BCUT2D eigenvalue weighted by molar-refractivity contribution is 6.07. The minimum atomic E-state index is -1.61. The number of nitrogens with zero attached hydrogens (tertiary/aromatic N) is 2. The van der Waals surface area contributed by atoms with Crippen molar-refractivity contribution in [3.05, 3.63) is 0 Å². The molecule has 0 aliphatic carbocycles. The minimum absolute atomic E-state index is 0.208. The lowest BCUT2D eigenvalue weighted by Gasteiger charge is -2.24. The van der Waals surface area contributed by atoms with Crippen molar-refractivity contribution < 1.29 is 19.8 Å². The zero-order valence-electron chi connectivity index (χ0n) is 12.2. The summed E-state index contributed by atoms with van der Waals surface area (Å²) in [5.41, 5.74) is 0. The van der Waals surface area contributed by atoms with E-state index in [-0.39, 0.29) is 6.54 Å². The van der Waals surface area contributed by atoms with Crippen LogP contribution in [0.5, 0.6) is 0 Å². The number of nitrogens with one attached hydrogen (secondary N) is 1. The van der Waals surface area contributed by atoms with Gasteiger partial charge in [-0.1, -0.05) is 13.3 Å². The van der Waals surface area contributed by atoms with Gasteiger partial charge in [-0.2, -0.15) is 0 Å². The smallest absolute Gasteiger partial charge is 0.261 e. The highest BCUT2D eigenvalue weighted by atomic mass is 16.4. The first kappa shape index (κ1) is 17.0. The normalized spacial score (nSPS) is 23.1. The summed E-state index contributed by atoms with van der Waals surface area (Å²) in [6, 6.07) is 0. The fourth-order valence-electron chi connectivity index (χ4n) is 2.15. The van der Waals surface area contributed by atoms with Gasteiger partial charge in [-0.15, -0.1) is 0 Å². The number of unbranched alkanes of at least 4 members (excludes halogenated alkanes) is 1. The van der Waals surface area contributed by atoms with Gasteiger partial charge >= 0.3 is 0 Å². The van der Waals surface area contributed by atoms with E-state index in [1.165, 1.54) is 0 Å². The van der Waals surface area contributed by atoms with Gasteiger partial charge in [0.25, 0.3) is 11.8 Å². The summed E-state index contributed by atoms with van der Waals surface area (Å²) in [6.45, 7) is 5.43. The maximum absolute atomic E-state index is 11.6. The molecule has 116 valence electrons. The van der Waals surface area contributed by atoms with Crippen LogP contribution in [0.3, 0.4) is 0 Å². The molecular weight excluding hydrogens is 262 g/mol. The van der Waals surface area contributed by atoms with E-state index in [4.69, 9.17) is 0 Å². The molecule has 7 nitrogen and oxygen atoms in total. The first-order valence-electron chi connectivity index (χ1n) is 7.11. The van der Waals surface area contributed by atoms with Crippen LogP contribution in [0.1, 0.15) is 19.8 Å². The molecule has 0 spiro atoms. The maximum atomic E-state index is 11.6. The third-order valence-electron chi connectivity index (χ3n) is 3.48. The highest BCUT2D eigenvalue weighted by Gasteiger charge is 2.45. The van der Waals surface area contributed by atoms with Crippen molar-refractivity contribution in [2.45, 2.75) is 32.0 Å². The van der Waals surface area contributed by atoms with Crippen LogP contribution < -0.4 is 5.32 Å². The van der Waals surface area contributed by atoms with E-state index in [0.29, 0.717) is 6.54 Å². The first-order valence-corrected chi connectivity index (χ1v) is 7.11. The van der Waals surface area contributed by atoms with Crippen molar-refractivity contribution in [2.75, 3.05) is 39.8 Å². The molecule has 0 aromatic heterocycles. The summed E-state index contributed by atoms with van der Waals surface area (Å²) in [5.74, 6) is -1.40. The molecular formula is C13H25N3O4. The molecule has 20 heavy (non-hydrogen) atoms. The number of likely N-dealkylation sites (tertiary alicyclic amines) is 1. The van der Waals surface area contributed by atoms with E-state index in [1.54, 1.807) is 0 Å². The zero-order chi connectivity index (χ0) is 15.1. The molecule has 1 saturated heterocycles. The molecule has 0 saturated carbocycles. The lowest BCUT2D eigenvalue weighted by Crippen LogP contribution is -2.41. The lowest BCUT2D eigenvalue weighted by molar-refractivity contribution is -0.141. The molecule has 7 heteroatoms. The summed E-state index contributed by atoms with van der Waals surface area (Å²) in [7, 11) is 1.87. The van der Waals surface area contributed by atoms with Crippen LogP contribution in [0.25, 0.3) is 0 Å². The second kappa shape index (κ2) is 8.31. The van der Waals surface area contributed by atoms with Gasteiger partial charge in [0.1, 0.15) is 0 Å². The van der Waals surface area contributed by atoms with Gasteiger partial charge in [-0.25, -0.2) is 0 Å². The Balaban J connectivity index is 2.49. The molecule has 1 rings (SSSR count). The zero-order valence-corrected chi connectivity index (χ0v) is 12.2. The van der Waals surface area contributed by atoms with Gasteiger partial charge in [0, 0.05) is 26.2 Å². The van der Waals surface area contributed by atoms with Gasteiger partial charge in [0.05, 0.1) is 0 Å². The maximum Gasteiger partial charge on any atom is 0.261 e. The predicted molar refractivity (Wildman–Crippen MR) is 74.0 cm³/mol. The molecule has 2 unspecified atom stereocenters. The first-order chi connectivity index (χ1) is 9.52. The molecule has 1 aliphatic heterocycles. The van der Waals surface area contributed by atoms with Crippen LogP contribution in [0.2, 0.25) is 0 Å². The third kappa shape index (κ3) is 4.24. The highest BCUT2D eigenvalue weighted by Crippen LogP contribution is 2.13. The van der Waals surface area contributed by atoms with Crippen molar-refractivity contribution in [1.82, 2.24) is 15.1 Å². The molecule has 3 N–H and O–H groups in total. The largest absolute Gasteiger partial charge is 0.380 e. The number of hydrogen-bond acceptors (Lipinski definition) is 6. The monoisotopic (exact) mass is 287 g/mol. The lowest BCUT2D eigenvalue weighted by atomic mass is 10.2. The summed E-state index contributed by atoms with van der Waals surface area (Å²) in [5, 5.41) is 21.8. The molecule has 0 bridgehead atoms. The van der Waals surface area contributed by atoms with E-state index in [0.717, 1.165) is 37.4 Å². The number of carbonyl (C=O) groups excluding carboxylic acids is 2. The van der Waals surface area contributed by atoms with Crippen LogP contribution in [0, 0.1) is 0 Å². The van der Waals surface area contributed by atoms with Crippen LogP contribution in [-0.4, -0.2) is 83.8 Å². The standard InChI is InChI=1S/C13H25N3O4/c1-3-4-6-15(7-5-14-2)8-9-16-12(19)10(17)11(18)13(16)20/h10-11,14,17-18H,3-9H2,1-2H3. The van der Waals surface area contributed by atoms with Crippen LogP contribution in [0.4, 0.5) is 0 Å². The van der Waals surface area contributed by atoms with Gasteiger partial charge < -0.3 is 20.4 Å². The summed E-state index contributed by atoms with van der Waals surface area (Å²) >= 11 is 0. The fourth-order valence-corrected chi connectivity index (χ4v) is 2.15. The van der Waals surface area contributed by atoms with Gasteiger partial charge in [-0.05, 0) is 20.0 Å². The van der Waals surface area contributed by atoms with Crippen LogP contribution in [-0.2, 0) is 9.59 Å². The van der Waals surface area contributed by atoms with E-state index in [9.17, 15) is 19.8 Å². The van der Waals surface area contributed by atoms with Crippen LogP contribution >= 0.6 is 0 Å². The van der Waals surface area contributed by atoms with Crippen molar-refractivity contribution in [1.29, 1.82) is 0 Å². The van der Waals surface area contributed by atoms with Crippen molar-refractivity contribution in [3.63, 3.8) is 0 Å². The Kier molecular flexibility index (Phi) is 7.08. The minimum Gasteiger partial charge on any atom is -0.380 e. The van der Waals surface area contributed by atoms with E-state index in [1.807, 2.05) is 7.05 Å². The van der Waals surface area contributed by atoms with Crippen molar-refractivity contribution in [3.8, 4) is 0 Å². The Bertz CT molecular complexity index is 310. The topological polar surface area (TPSA) is 93.1 Å². The number of carbonyl (C=O) groups is 2. The molecule has 2 amide bonds.